The molecule has 0 aromatic heterocycles. The molecule has 0 spiro atoms. The molecular weight excluding hydrogens is 167 g/mol. The Morgan fingerprint density at radius 2 is 2.38 bits per heavy atom. The standard InChI is InChI=1S/C11H11FO/c1-2-11-9-4-3-5-10(12)8(9)6-7-13-11/h2-5,11H,1,6-7H2/t11-/m0/s1. The molecule has 0 bridgehead atoms. The van der Waals surface area contributed by atoms with Gasteiger partial charge in [0.1, 0.15) is 11.9 Å². The van der Waals surface area contributed by atoms with Gasteiger partial charge in [-0.3, -0.25) is 0 Å². The lowest BCUT2D eigenvalue weighted by molar-refractivity contribution is 0.0740. The molecule has 1 aromatic carbocycles. The molecule has 1 aliphatic rings. The van der Waals surface area contributed by atoms with Gasteiger partial charge >= 0.3 is 0 Å². The zero-order valence-corrected chi connectivity index (χ0v) is 7.29. The highest BCUT2D eigenvalue weighted by molar-refractivity contribution is 5.34. The zero-order valence-electron chi connectivity index (χ0n) is 7.29. The third-order valence-corrected chi connectivity index (χ3v) is 2.33. The fourth-order valence-electron chi connectivity index (χ4n) is 1.68. The van der Waals surface area contributed by atoms with Crippen molar-refractivity contribution >= 4 is 0 Å². The fraction of sp³-hybridized carbons (Fsp3) is 0.273. The van der Waals surface area contributed by atoms with Gasteiger partial charge in [-0.1, -0.05) is 18.2 Å². The molecule has 68 valence electrons. The van der Waals surface area contributed by atoms with Gasteiger partial charge in [0, 0.05) is 0 Å². The van der Waals surface area contributed by atoms with Crippen molar-refractivity contribution in [3.05, 3.63) is 47.8 Å². The van der Waals surface area contributed by atoms with E-state index >= 15 is 0 Å². The van der Waals surface area contributed by atoms with E-state index in [9.17, 15) is 4.39 Å². The van der Waals surface area contributed by atoms with Crippen LogP contribution in [0.15, 0.2) is 30.9 Å². The highest BCUT2D eigenvalue weighted by Crippen LogP contribution is 2.29. The Morgan fingerprint density at radius 3 is 3.15 bits per heavy atom. The van der Waals surface area contributed by atoms with Gasteiger partial charge in [-0.15, -0.1) is 6.58 Å². The maximum absolute atomic E-state index is 13.3. The number of hydrogen-bond donors (Lipinski definition) is 0. The lowest BCUT2D eigenvalue weighted by atomic mass is 9.97. The van der Waals surface area contributed by atoms with Crippen LogP contribution in [0, 0.1) is 5.82 Å². The van der Waals surface area contributed by atoms with Crippen molar-refractivity contribution in [1.29, 1.82) is 0 Å². The summed E-state index contributed by atoms with van der Waals surface area (Å²) in [6.07, 6.45) is 2.23. The van der Waals surface area contributed by atoms with E-state index in [0.717, 1.165) is 11.1 Å². The van der Waals surface area contributed by atoms with Crippen molar-refractivity contribution < 1.29 is 9.13 Å². The lowest BCUT2D eigenvalue weighted by Gasteiger charge is -2.23. The molecule has 0 saturated heterocycles. The van der Waals surface area contributed by atoms with Crippen molar-refractivity contribution in [2.24, 2.45) is 0 Å². The molecule has 2 heteroatoms. The van der Waals surface area contributed by atoms with Gasteiger partial charge < -0.3 is 4.74 Å². The Balaban J connectivity index is 2.51. The summed E-state index contributed by atoms with van der Waals surface area (Å²) in [7, 11) is 0. The van der Waals surface area contributed by atoms with E-state index in [-0.39, 0.29) is 11.9 Å². The first kappa shape index (κ1) is 8.45. The quantitative estimate of drug-likeness (QED) is 0.601. The molecule has 0 unspecified atom stereocenters. The third kappa shape index (κ3) is 1.38. The van der Waals surface area contributed by atoms with Gasteiger partial charge in [0.25, 0.3) is 0 Å². The van der Waals surface area contributed by atoms with E-state index in [2.05, 4.69) is 6.58 Å². The average molecular weight is 178 g/mol. The van der Waals surface area contributed by atoms with Crippen LogP contribution < -0.4 is 0 Å². The van der Waals surface area contributed by atoms with Crippen molar-refractivity contribution in [3.63, 3.8) is 0 Å². The minimum Gasteiger partial charge on any atom is -0.369 e. The van der Waals surface area contributed by atoms with E-state index in [0.29, 0.717) is 13.0 Å². The predicted molar refractivity (Wildman–Crippen MR) is 49.0 cm³/mol. The molecule has 0 radical (unpaired) electrons. The molecule has 0 aliphatic carbocycles. The fourth-order valence-corrected chi connectivity index (χ4v) is 1.68. The third-order valence-electron chi connectivity index (χ3n) is 2.33. The minimum absolute atomic E-state index is 0.132. The van der Waals surface area contributed by atoms with Crippen LogP contribution in [0.25, 0.3) is 0 Å². The first-order valence-electron chi connectivity index (χ1n) is 4.34. The van der Waals surface area contributed by atoms with Crippen molar-refractivity contribution in [3.8, 4) is 0 Å². The highest BCUT2D eigenvalue weighted by atomic mass is 19.1. The Labute approximate surface area is 76.8 Å². The zero-order chi connectivity index (χ0) is 9.26. The second-order valence-electron chi connectivity index (χ2n) is 3.08. The smallest absolute Gasteiger partial charge is 0.126 e. The van der Waals surface area contributed by atoms with Crippen LogP contribution in [0.3, 0.4) is 0 Å². The molecule has 1 aliphatic heterocycles. The Bertz CT molecular complexity index is 333. The van der Waals surface area contributed by atoms with Gasteiger partial charge in [-0.05, 0) is 23.6 Å². The normalized spacial score (nSPS) is 20.8. The molecule has 0 amide bonds. The number of halogens is 1. The van der Waals surface area contributed by atoms with Crippen molar-refractivity contribution in [2.75, 3.05) is 6.61 Å². The number of rotatable bonds is 1. The number of hydrogen-bond acceptors (Lipinski definition) is 1. The molecule has 2 rings (SSSR count). The van der Waals surface area contributed by atoms with E-state index in [1.54, 1.807) is 12.1 Å². The lowest BCUT2D eigenvalue weighted by Crippen LogP contribution is -2.15. The molecule has 13 heavy (non-hydrogen) atoms. The van der Waals surface area contributed by atoms with Crippen LogP contribution in [-0.2, 0) is 11.2 Å². The summed E-state index contributed by atoms with van der Waals surface area (Å²) in [6, 6.07) is 5.09. The van der Waals surface area contributed by atoms with Crippen LogP contribution in [0.4, 0.5) is 4.39 Å². The second-order valence-corrected chi connectivity index (χ2v) is 3.08. The summed E-state index contributed by atoms with van der Waals surface area (Å²) in [5.41, 5.74) is 1.69. The minimum atomic E-state index is -0.139. The molecule has 1 nitrogen and oxygen atoms in total. The SMILES string of the molecule is C=C[C@@H]1OCCc2c(F)cccc21. The predicted octanol–water partition coefficient (Wildman–Crippen LogP) is 2.63. The first-order valence-corrected chi connectivity index (χ1v) is 4.34. The average Bonchev–Trinajstić information content (AvgIpc) is 2.18. The number of benzene rings is 1. The van der Waals surface area contributed by atoms with Gasteiger partial charge in [0.15, 0.2) is 0 Å². The summed E-state index contributed by atoms with van der Waals surface area (Å²) < 4.78 is 18.7. The van der Waals surface area contributed by atoms with Crippen LogP contribution in [-0.4, -0.2) is 6.61 Å². The molecule has 1 heterocycles. The molecule has 1 aromatic rings. The molecule has 0 fully saturated rings. The maximum atomic E-state index is 13.3. The summed E-state index contributed by atoms with van der Waals surface area (Å²) in [4.78, 5) is 0. The molecular formula is C11H11FO. The Kier molecular flexibility index (Phi) is 2.15. The van der Waals surface area contributed by atoms with Gasteiger partial charge in [0.05, 0.1) is 6.61 Å². The van der Waals surface area contributed by atoms with E-state index in [1.165, 1.54) is 6.07 Å². The van der Waals surface area contributed by atoms with Gasteiger partial charge in [0.2, 0.25) is 0 Å². The maximum Gasteiger partial charge on any atom is 0.126 e. The topological polar surface area (TPSA) is 9.23 Å². The molecule has 1 atom stereocenters. The van der Waals surface area contributed by atoms with E-state index < -0.39 is 0 Å². The largest absolute Gasteiger partial charge is 0.369 e. The van der Waals surface area contributed by atoms with Crippen molar-refractivity contribution in [1.82, 2.24) is 0 Å². The van der Waals surface area contributed by atoms with Crippen LogP contribution >= 0.6 is 0 Å². The summed E-state index contributed by atoms with van der Waals surface area (Å²) in [6.45, 7) is 4.24. The molecule has 0 N–H and O–H groups in total. The van der Waals surface area contributed by atoms with Crippen LogP contribution in [0.2, 0.25) is 0 Å². The van der Waals surface area contributed by atoms with Crippen LogP contribution in [0.1, 0.15) is 17.2 Å². The van der Waals surface area contributed by atoms with E-state index in [4.69, 9.17) is 4.74 Å². The van der Waals surface area contributed by atoms with Crippen molar-refractivity contribution in [2.45, 2.75) is 12.5 Å². The number of ether oxygens (including phenoxy) is 1. The molecule has 0 saturated carbocycles. The van der Waals surface area contributed by atoms with Crippen LogP contribution in [0.5, 0.6) is 0 Å². The number of fused-ring (bicyclic) bond motifs is 1. The summed E-state index contributed by atoms with van der Waals surface area (Å²) >= 11 is 0. The highest BCUT2D eigenvalue weighted by Gasteiger charge is 2.20. The summed E-state index contributed by atoms with van der Waals surface area (Å²) in [5.74, 6) is -0.132. The van der Waals surface area contributed by atoms with Gasteiger partial charge in [-0.2, -0.15) is 0 Å². The summed E-state index contributed by atoms with van der Waals surface area (Å²) in [5, 5.41) is 0. The Hall–Kier alpha value is -1.15. The second kappa shape index (κ2) is 3.30. The van der Waals surface area contributed by atoms with Gasteiger partial charge in [-0.25, -0.2) is 4.39 Å². The monoisotopic (exact) mass is 178 g/mol. The Morgan fingerprint density at radius 1 is 1.54 bits per heavy atom. The van der Waals surface area contributed by atoms with E-state index in [1.807, 2.05) is 6.07 Å². The first-order chi connectivity index (χ1) is 6.33.